The van der Waals surface area contributed by atoms with E-state index in [0.29, 0.717) is 25.7 Å². The van der Waals surface area contributed by atoms with Crippen LogP contribution in [0.5, 0.6) is 0 Å². The zero-order chi connectivity index (χ0) is 74.1. The molecule has 0 radical (unpaired) electrons. The van der Waals surface area contributed by atoms with Crippen LogP contribution in [0, 0.1) is 0 Å². The minimum absolute atomic E-state index is 0.0514. The quantitative estimate of drug-likeness (QED) is 0.0111. The number of esters is 4. The third-order valence-corrected chi connectivity index (χ3v) is 19.6. The maximum atomic E-state index is 13.1. The van der Waals surface area contributed by atoms with Gasteiger partial charge in [0.15, 0.2) is 12.2 Å². The van der Waals surface area contributed by atoms with Crippen LogP contribution < -0.4 is 0 Å². The Balaban J connectivity index is 5.42. The van der Waals surface area contributed by atoms with Crippen molar-refractivity contribution in [3.8, 4) is 0 Å². The van der Waals surface area contributed by atoms with E-state index in [9.17, 15) is 43.2 Å². The molecular weight excluding hydrogens is 1340 g/mol. The molecule has 101 heavy (non-hydrogen) atoms. The van der Waals surface area contributed by atoms with Gasteiger partial charge in [-0.05, 0) is 154 Å². The first kappa shape index (κ1) is 97.8. The number of phosphoric ester groups is 2. The minimum atomic E-state index is -4.99. The highest BCUT2D eigenvalue weighted by molar-refractivity contribution is 7.80. The molecule has 0 aromatic heterocycles. The van der Waals surface area contributed by atoms with E-state index in [-0.39, 0.29) is 30.9 Å². The van der Waals surface area contributed by atoms with Gasteiger partial charge in [0.25, 0.3) is 0 Å². The minimum Gasteiger partial charge on any atom is -0.462 e. The number of unbranched alkanes of at least 4 members (excludes halogenated alkanes) is 34. The molecule has 0 rings (SSSR count). The van der Waals surface area contributed by atoms with Crippen LogP contribution in [0.2, 0.25) is 0 Å². The van der Waals surface area contributed by atoms with E-state index < -0.39 is 97.5 Å². The van der Waals surface area contributed by atoms with Gasteiger partial charge < -0.3 is 33.8 Å². The lowest BCUT2D eigenvalue weighted by Gasteiger charge is -2.21. The average molecular weight is 1490 g/mol. The lowest BCUT2D eigenvalue weighted by atomic mass is 10.1. The summed E-state index contributed by atoms with van der Waals surface area (Å²) in [5.74, 6) is -2.23. The molecule has 0 heterocycles. The summed E-state index contributed by atoms with van der Waals surface area (Å²) in [7, 11) is -9.98. The van der Waals surface area contributed by atoms with Crippen molar-refractivity contribution in [2.24, 2.45) is 0 Å². The number of allylic oxidation sites excluding steroid dienone is 12. The van der Waals surface area contributed by atoms with Crippen molar-refractivity contribution in [1.82, 2.24) is 0 Å². The molecule has 0 saturated carbocycles. The van der Waals surface area contributed by atoms with E-state index >= 15 is 0 Å². The predicted octanol–water partition coefficient (Wildman–Crippen LogP) is 23.1. The van der Waals surface area contributed by atoms with Crippen molar-refractivity contribution in [3.05, 3.63) is 72.9 Å². The monoisotopic (exact) mass is 1480 g/mol. The molecule has 0 aromatic rings. The van der Waals surface area contributed by atoms with Gasteiger partial charge in [-0.2, -0.15) is 12.6 Å². The van der Waals surface area contributed by atoms with Gasteiger partial charge >= 0.3 is 39.5 Å². The maximum Gasteiger partial charge on any atom is 0.472 e. The molecule has 0 aromatic carbocycles. The molecule has 3 N–H and O–H groups in total. The third-order valence-electron chi connectivity index (χ3n) is 17.2. The summed E-state index contributed by atoms with van der Waals surface area (Å²) in [5.41, 5.74) is 0. The van der Waals surface area contributed by atoms with Crippen LogP contribution in [0.15, 0.2) is 72.9 Å². The van der Waals surface area contributed by atoms with Gasteiger partial charge in [-0.1, -0.05) is 248 Å². The smallest absolute Gasteiger partial charge is 0.462 e. The SMILES string of the molecule is CCCCC/C=C\C/C=C/CCCCCCCC(=O)OC[C@H](COP(=O)(O)OC[C@@H](O)COP(=O)(O)OC[C@@H](COC(=O)CCCCCCC/C=C/CCCCCCCC)OC(=O)CCCCC(S)CCCCC/C=C/CCCCC)OC(=O)CCCCCCC/C=C/C/C=C/CCCCC. The first-order valence-electron chi connectivity index (χ1n) is 40.3. The highest BCUT2D eigenvalue weighted by atomic mass is 32.1. The molecule has 20 heteroatoms. The molecule has 0 aliphatic carbocycles. The van der Waals surface area contributed by atoms with Crippen LogP contribution in [0.1, 0.15) is 355 Å². The summed E-state index contributed by atoms with van der Waals surface area (Å²) in [6.07, 6.45) is 72.4. The number of aliphatic hydroxyl groups excluding tert-OH is 1. The van der Waals surface area contributed by atoms with Gasteiger partial charge in [0.1, 0.15) is 19.3 Å². The molecular formula is C81H146O17P2S. The number of phosphoric acid groups is 2. The fraction of sp³-hybridized carbons (Fsp3) is 0.802. The molecule has 0 aliphatic heterocycles. The molecule has 3 unspecified atom stereocenters. The number of hydrogen-bond acceptors (Lipinski definition) is 16. The summed E-state index contributed by atoms with van der Waals surface area (Å²) < 4.78 is 68.7. The van der Waals surface area contributed by atoms with Gasteiger partial charge in [-0.3, -0.25) is 37.3 Å². The van der Waals surface area contributed by atoms with Gasteiger partial charge in [-0.25, -0.2) is 9.13 Å². The number of aliphatic hydroxyl groups is 1. The second-order valence-electron chi connectivity index (χ2n) is 27.2. The van der Waals surface area contributed by atoms with Crippen LogP contribution in [-0.2, 0) is 65.4 Å². The Labute approximate surface area is 620 Å². The Kier molecular flexibility index (Phi) is 71.4. The molecule has 0 fully saturated rings. The Morgan fingerprint density at radius 1 is 0.317 bits per heavy atom. The van der Waals surface area contributed by atoms with Gasteiger partial charge in [0.2, 0.25) is 0 Å². The summed E-state index contributed by atoms with van der Waals surface area (Å²) in [5, 5.41) is 10.9. The maximum absolute atomic E-state index is 13.1. The van der Waals surface area contributed by atoms with Crippen LogP contribution >= 0.6 is 28.3 Å². The highest BCUT2D eigenvalue weighted by Crippen LogP contribution is 2.45. The molecule has 6 atom stereocenters. The second-order valence-corrected chi connectivity index (χ2v) is 30.8. The van der Waals surface area contributed by atoms with E-state index in [2.05, 4.69) is 101 Å². The normalized spacial score (nSPS) is 14.6. The Bertz CT molecular complexity index is 2220. The van der Waals surface area contributed by atoms with Crippen LogP contribution in [0.4, 0.5) is 0 Å². The molecule has 0 saturated heterocycles. The van der Waals surface area contributed by atoms with Crippen LogP contribution in [0.3, 0.4) is 0 Å². The fourth-order valence-electron chi connectivity index (χ4n) is 10.9. The summed E-state index contributed by atoms with van der Waals surface area (Å²) in [6.45, 7) is 4.75. The fourth-order valence-corrected chi connectivity index (χ4v) is 12.9. The lowest BCUT2D eigenvalue weighted by Crippen LogP contribution is -2.30. The van der Waals surface area contributed by atoms with Gasteiger partial charge in [0.05, 0.1) is 26.4 Å². The van der Waals surface area contributed by atoms with E-state index in [1.54, 1.807) is 0 Å². The van der Waals surface area contributed by atoms with E-state index in [0.717, 1.165) is 180 Å². The van der Waals surface area contributed by atoms with E-state index in [4.69, 9.17) is 49.7 Å². The topological polar surface area (TPSA) is 237 Å². The number of carbonyl (C=O) groups is 4. The third kappa shape index (κ3) is 73.5. The lowest BCUT2D eigenvalue weighted by molar-refractivity contribution is -0.161. The van der Waals surface area contributed by atoms with Crippen molar-refractivity contribution in [2.45, 2.75) is 379 Å². The van der Waals surface area contributed by atoms with Crippen molar-refractivity contribution in [2.75, 3.05) is 39.6 Å². The van der Waals surface area contributed by atoms with Crippen molar-refractivity contribution in [1.29, 1.82) is 0 Å². The summed E-state index contributed by atoms with van der Waals surface area (Å²) in [4.78, 5) is 73.1. The highest BCUT2D eigenvalue weighted by Gasteiger charge is 2.30. The molecule has 17 nitrogen and oxygen atoms in total. The van der Waals surface area contributed by atoms with Crippen LogP contribution in [0.25, 0.3) is 0 Å². The Hall–Kier alpha value is -3.15. The first-order chi connectivity index (χ1) is 49.1. The van der Waals surface area contributed by atoms with Crippen molar-refractivity contribution < 1.29 is 80.2 Å². The number of carbonyl (C=O) groups excluding carboxylic acids is 4. The molecule has 0 bridgehead atoms. The largest absolute Gasteiger partial charge is 0.472 e. The van der Waals surface area contributed by atoms with E-state index in [1.807, 2.05) is 0 Å². The molecule has 0 spiro atoms. The number of ether oxygens (including phenoxy) is 4. The Morgan fingerprint density at radius 2 is 0.554 bits per heavy atom. The molecule has 0 amide bonds. The van der Waals surface area contributed by atoms with Crippen LogP contribution in [-0.4, -0.2) is 102 Å². The standard InChI is InChI=1S/C81H146O17P2S/c1-5-9-13-17-21-25-29-32-35-38-41-45-49-53-57-64-78(83)91-70-75(97-80(85)66-59-55-51-47-43-40-37-34-31-27-23-19-15-11-7-3)72-95-99(87,88)93-68-74(82)69-94-100(89,90)96-73-76(71-92-79(84)65-58-54-50-46-42-39-36-33-30-26-22-18-14-10-6-2)98-81(86)67-61-60-63-77(101)62-56-52-48-44-28-24-20-16-12-8-4/h21,23-25,27-28,32-37,74-77,82,101H,5-20,22,26,29-31,38-73H2,1-4H3,(H,87,88)(H,89,90)/b25-21-,27-23+,28-24+,35-32+,36-33+,37-34+/t74-,75-,76-,77?/m1/s1. The van der Waals surface area contributed by atoms with Gasteiger partial charge in [-0.15, -0.1) is 0 Å². The Morgan fingerprint density at radius 3 is 0.891 bits per heavy atom. The number of thiol groups is 1. The second kappa shape index (κ2) is 73.7. The predicted molar refractivity (Wildman–Crippen MR) is 417 cm³/mol. The van der Waals surface area contributed by atoms with Gasteiger partial charge in [0, 0.05) is 30.9 Å². The zero-order valence-corrected chi connectivity index (χ0v) is 66.6. The average Bonchev–Trinajstić information content (AvgIpc) is 1.03. The zero-order valence-electron chi connectivity index (χ0n) is 63.9. The van der Waals surface area contributed by atoms with Crippen molar-refractivity contribution in [3.63, 3.8) is 0 Å². The number of hydrogen-bond donors (Lipinski definition) is 4. The molecule has 0 aliphatic rings. The van der Waals surface area contributed by atoms with Crippen molar-refractivity contribution >= 4 is 52.2 Å². The summed E-state index contributed by atoms with van der Waals surface area (Å²) in [6, 6.07) is 0. The first-order valence-corrected chi connectivity index (χ1v) is 43.8. The number of rotatable bonds is 76. The van der Waals surface area contributed by atoms with E-state index in [1.165, 1.54) is 96.3 Å². The summed E-state index contributed by atoms with van der Waals surface area (Å²) >= 11 is 4.78. The molecule has 588 valence electrons.